The van der Waals surface area contributed by atoms with Gasteiger partial charge in [-0.2, -0.15) is 0 Å². The lowest BCUT2D eigenvalue weighted by Crippen LogP contribution is -2.22. The summed E-state index contributed by atoms with van der Waals surface area (Å²) in [7, 11) is 0. The first-order chi connectivity index (χ1) is 13.1. The zero-order valence-corrected chi connectivity index (χ0v) is 14.6. The molecule has 0 saturated heterocycles. The van der Waals surface area contributed by atoms with E-state index in [1.165, 1.54) is 17.2 Å². The van der Waals surface area contributed by atoms with Crippen LogP contribution in [0.5, 0.6) is 0 Å². The van der Waals surface area contributed by atoms with Crippen molar-refractivity contribution in [2.45, 2.75) is 19.3 Å². The van der Waals surface area contributed by atoms with Crippen molar-refractivity contribution in [2.75, 3.05) is 11.9 Å². The largest absolute Gasteiger partial charge is 0.452 e. The van der Waals surface area contributed by atoms with Gasteiger partial charge in [-0.25, -0.2) is 4.79 Å². The van der Waals surface area contributed by atoms with Crippen molar-refractivity contribution >= 4 is 28.5 Å². The average Bonchev–Trinajstić information content (AvgIpc) is 3.13. The Morgan fingerprint density at radius 2 is 1.85 bits per heavy atom. The summed E-state index contributed by atoms with van der Waals surface area (Å²) in [5, 5.41) is 3.31. The maximum absolute atomic E-state index is 12.4. The maximum atomic E-state index is 12.4. The second kappa shape index (κ2) is 7.07. The van der Waals surface area contributed by atoms with E-state index in [1.54, 1.807) is 24.3 Å². The Hall–Kier alpha value is -3.41. The SMILES string of the molecule is O=C(COC(=O)c1cc(=O)[nH]c2ccccc12)Nc1ccc2c(c1)CCC2. The predicted molar refractivity (Wildman–Crippen MR) is 102 cm³/mol. The number of H-pyrrole nitrogens is 1. The molecule has 0 bridgehead atoms. The minimum absolute atomic E-state index is 0.139. The first-order valence-electron chi connectivity index (χ1n) is 8.81. The number of hydrogen-bond donors (Lipinski definition) is 2. The molecule has 2 N–H and O–H groups in total. The minimum atomic E-state index is -0.707. The number of carbonyl (C=O) groups excluding carboxylic acids is 2. The summed E-state index contributed by atoms with van der Waals surface area (Å²) >= 11 is 0. The molecule has 1 heterocycles. The Balaban J connectivity index is 1.43. The van der Waals surface area contributed by atoms with Crippen molar-refractivity contribution in [1.82, 2.24) is 4.98 Å². The zero-order valence-electron chi connectivity index (χ0n) is 14.6. The number of amides is 1. The summed E-state index contributed by atoms with van der Waals surface area (Å²) in [4.78, 5) is 38.9. The molecule has 1 amide bonds. The van der Waals surface area contributed by atoms with Crippen LogP contribution < -0.4 is 10.9 Å². The number of pyridine rings is 1. The number of nitrogens with one attached hydrogen (secondary N) is 2. The molecule has 6 heteroatoms. The van der Waals surface area contributed by atoms with E-state index < -0.39 is 24.0 Å². The Morgan fingerprint density at radius 1 is 1.04 bits per heavy atom. The Labute approximate surface area is 155 Å². The van der Waals surface area contributed by atoms with E-state index in [-0.39, 0.29) is 5.56 Å². The summed E-state index contributed by atoms with van der Waals surface area (Å²) < 4.78 is 5.11. The molecular weight excluding hydrogens is 344 g/mol. The second-order valence-corrected chi connectivity index (χ2v) is 6.55. The second-order valence-electron chi connectivity index (χ2n) is 6.55. The molecular formula is C21H18N2O4. The van der Waals surface area contributed by atoms with Crippen LogP contribution in [-0.2, 0) is 22.4 Å². The monoisotopic (exact) mass is 362 g/mol. The number of para-hydroxylation sites is 1. The molecule has 1 aliphatic rings. The fourth-order valence-electron chi connectivity index (χ4n) is 3.43. The van der Waals surface area contributed by atoms with Gasteiger partial charge in [-0.1, -0.05) is 24.3 Å². The van der Waals surface area contributed by atoms with Crippen molar-refractivity contribution in [3.8, 4) is 0 Å². The van der Waals surface area contributed by atoms with Gasteiger partial charge in [0.15, 0.2) is 6.61 Å². The number of benzene rings is 2. The highest BCUT2D eigenvalue weighted by molar-refractivity contribution is 6.04. The fraction of sp³-hybridized carbons (Fsp3) is 0.190. The minimum Gasteiger partial charge on any atom is -0.452 e. The summed E-state index contributed by atoms with van der Waals surface area (Å²) in [6.45, 7) is -0.420. The van der Waals surface area contributed by atoms with Crippen molar-refractivity contribution in [2.24, 2.45) is 0 Å². The van der Waals surface area contributed by atoms with Gasteiger partial charge >= 0.3 is 5.97 Å². The van der Waals surface area contributed by atoms with Gasteiger partial charge in [0.2, 0.25) is 5.56 Å². The van der Waals surface area contributed by atoms with Gasteiger partial charge in [0, 0.05) is 22.7 Å². The maximum Gasteiger partial charge on any atom is 0.339 e. The molecule has 0 atom stereocenters. The number of aromatic nitrogens is 1. The van der Waals surface area contributed by atoms with Crippen LogP contribution >= 0.6 is 0 Å². The molecule has 1 aromatic heterocycles. The lowest BCUT2D eigenvalue weighted by atomic mass is 10.1. The first-order valence-corrected chi connectivity index (χ1v) is 8.81. The van der Waals surface area contributed by atoms with Crippen molar-refractivity contribution in [3.63, 3.8) is 0 Å². The number of ether oxygens (including phenoxy) is 1. The highest BCUT2D eigenvalue weighted by Crippen LogP contribution is 2.24. The molecule has 0 spiro atoms. The molecule has 0 saturated carbocycles. The molecule has 27 heavy (non-hydrogen) atoms. The molecule has 2 aromatic carbocycles. The molecule has 0 unspecified atom stereocenters. The molecule has 6 nitrogen and oxygen atoms in total. The number of aryl methyl sites for hydroxylation is 2. The van der Waals surface area contributed by atoms with Gasteiger partial charge in [0.05, 0.1) is 5.56 Å². The number of carbonyl (C=O) groups is 2. The average molecular weight is 362 g/mol. The number of fused-ring (bicyclic) bond motifs is 2. The van der Waals surface area contributed by atoms with Crippen LogP contribution in [0, 0.1) is 0 Å². The normalized spacial score (nSPS) is 12.6. The number of anilines is 1. The van der Waals surface area contributed by atoms with Crippen molar-refractivity contribution in [1.29, 1.82) is 0 Å². The smallest absolute Gasteiger partial charge is 0.339 e. The highest BCUT2D eigenvalue weighted by atomic mass is 16.5. The lowest BCUT2D eigenvalue weighted by molar-refractivity contribution is -0.119. The Bertz CT molecular complexity index is 1100. The van der Waals surface area contributed by atoms with Gasteiger partial charge in [-0.3, -0.25) is 9.59 Å². The molecule has 3 aromatic rings. The van der Waals surface area contributed by atoms with Crippen LogP contribution in [0.3, 0.4) is 0 Å². The Morgan fingerprint density at radius 3 is 2.74 bits per heavy atom. The quantitative estimate of drug-likeness (QED) is 0.699. The van der Waals surface area contributed by atoms with E-state index in [0.717, 1.165) is 19.3 Å². The van der Waals surface area contributed by atoms with E-state index in [9.17, 15) is 14.4 Å². The van der Waals surface area contributed by atoms with Crippen LogP contribution in [0.25, 0.3) is 10.9 Å². The van der Waals surface area contributed by atoms with Gasteiger partial charge < -0.3 is 15.0 Å². The van der Waals surface area contributed by atoms with Crippen LogP contribution in [0.2, 0.25) is 0 Å². The van der Waals surface area contributed by atoms with Crippen molar-refractivity contribution in [3.05, 3.63) is 75.6 Å². The zero-order chi connectivity index (χ0) is 18.8. The number of rotatable bonds is 4. The van der Waals surface area contributed by atoms with E-state index in [1.807, 2.05) is 18.2 Å². The van der Waals surface area contributed by atoms with Crippen LogP contribution in [-0.4, -0.2) is 23.5 Å². The third kappa shape index (κ3) is 3.60. The summed E-state index contributed by atoms with van der Waals surface area (Å²) in [6.07, 6.45) is 3.23. The summed E-state index contributed by atoms with van der Waals surface area (Å²) in [5.74, 6) is -1.13. The predicted octanol–water partition coefficient (Wildman–Crippen LogP) is 2.81. The fourth-order valence-corrected chi connectivity index (χ4v) is 3.43. The third-order valence-corrected chi connectivity index (χ3v) is 4.69. The molecule has 136 valence electrons. The van der Waals surface area contributed by atoms with Gasteiger partial charge in [-0.05, 0) is 48.6 Å². The molecule has 0 fully saturated rings. The van der Waals surface area contributed by atoms with E-state index in [4.69, 9.17) is 4.74 Å². The summed E-state index contributed by atoms with van der Waals surface area (Å²) in [5.41, 5.74) is 3.54. The summed E-state index contributed by atoms with van der Waals surface area (Å²) in [6, 6.07) is 14.0. The Kier molecular flexibility index (Phi) is 4.46. The van der Waals surface area contributed by atoms with Crippen LogP contribution in [0.4, 0.5) is 5.69 Å². The molecule has 4 rings (SSSR count). The van der Waals surface area contributed by atoms with E-state index >= 15 is 0 Å². The third-order valence-electron chi connectivity index (χ3n) is 4.69. The van der Waals surface area contributed by atoms with E-state index in [0.29, 0.717) is 16.6 Å². The highest BCUT2D eigenvalue weighted by Gasteiger charge is 2.16. The standard InChI is InChI=1S/C21H18N2O4/c24-19-11-17(16-6-1-2-7-18(16)23-19)21(26)27-12-20(25)22-15-9-8-13-4-3-5-14(13)10-15/h1-2,6-11H,3-5,12H2,(H,22,25)(H,23,24). The molecule has 0 aliphatic heterocycles. The number of aromatic amines is 1. The number of hydrogen-bond acceptors (Lipinski definition) is 4. The first kappa shape index (κ1) is 17.0. The topological polar surface area (TPSA) is 88.3 Å². The van der Waals surface area contributed by atoms with E-state index in [2.05, 4.69) is 10.3 Å². The lowest BCUT2D eigenvalue weighted by Gasteiger charge is -2.09. The van der Waals surface area contributed by atoms with Gasteiger partial charge in [0.1, 0.15) is 0 Å². The van der Waals surface area contributed by atoms with Gasteiger partial charge in [-0.15, -0.1) is 0 Å². The molecule has 1 aliphatic carbocycles. The van der Waals surface area contributed by atoms with Crippen LogP contribution in [0.1, 0.15) is 27.9 Å². The molecule has 0 radical (unpaired) electrons. The van der Waals surface area contributed by atoms with Gasteiger partial charge in [0.25, 0.3) is 5.91 Å². The van der Waals surface area contributed by atoms with Crippen molar-refractivity contribution < 1.29 is 14.3 Å². The number of esters is 1. The van der Waals surface area contributed by atoms with Crippen LogP contribution in [0.15, 0.2) is 53.3 Å².